The van der Waals surface area contributed by atoms with E-state index in [4.69, 9.17) is 0 Å². The van der Waals surface area contributed by atoms with Crippen LogP contribution in [0.25, 0.3) is 0 Å². The highest BCUT2D eigenvalue weighted by atomic mass is 32.2. The van der Waals surface area contributed by atoms with Crippen molar-refractivity contribution >= 4 is 23.6 Å². The average molecular weight is 266 g/mol. The van der Waals surface area contributed by atoms with Crippen molar-refractivity contribution in [3.63, 3.8) is 0 Å². The van der Waals surface area contributed by atoms with Crippen molar-refractivity contribution in [3.05, 3.63) is 11.8 Å². The molecule has 0 saturated heterocycles. The van der Waals surface area contributed by atoms with Gasteiger partial charge in [0.1, 0.15) is 5.03 Å². The van der Waals surface area contributed by atoms with Crippen LogP contribution in [0.4, 0.5) is 5.95 Å². The number of amides is 1. The summed E-state index contributed by atoms with van der Waals surface area (Å²) in [5.41, 5.74) is 1.00. The Morgan fingerprint density at radius 3 is 3.00 bits per heavy atom. The number of aryl methyl sites for hydroxylation is 1. The molecule has 0 bridgehead atoms. The lowest BCUT2D eigenvalue weighted by Crippen LogP contribution is -2.27. The molecule has 1 aromatic rings. The molecular weight excluding hydrogens is 248 g/mol. The summed E-state index contributed by atoms with van der Waals surface area (Å²) in [5, 5.41) is 6.90. The van der Waals surface area contributed by atoms with Gasteiger partial charge < -0.3 is 10.6 Å². The molecule has 98 valence electrons. The van der Waals surface area contributed by atoms with Gasteiger partial charge in [-0.2, -0.15) is 0 Å². The zero-order valence-corrected chi connectivity index (χ0v) is 11.5. The van der Waals surface area contributed by atoms with Gasteiger partial charge in [-0.05, 0) is 32.3 Å². The minimum atomic E-state index is 0.0884. The number of nitrogens with one attached hydrogen (secondary N) is 2. The van der Waals surface area contributed by atoms with Crippen LogP contribution >= 0.6 is 11.8 Å². The van der Waals surface area contributed by atoms with Crippen molar-refractivity contribution < 1.29 is 4.79 Å². The lowest BCUT2D eigenvalue weighted by atomic mass is 10.4. The fourth-order valence-electron chi connectivity index (χ4n) is 1.45. The maximum Gasteiger partial charge on any atom is 0.230 e. The molecule has 18 heavy (non-hydrogen) atoms. The molecule has 1 amide bonds. The Hall–Kier alpha value is -1.30. The predicted molar refractivity (Wildman–Crippen MR) is 72.8 cm³/mol. The number of carbonyl (C=O) groups excluding carboxylic acids is 1. The molecule has 0 aliphatic heterocycles. The Bertz CT molecular complexity index is 434. The summed E-state index contributed by atoms with van der Waals surface area (Å²) in [6.45, 7) is 4.74. The van der Waals surface area contributed by atoms with E-state index in [0.717, 1.165) is 30.0 Å². The van der Waals surface area contributed by atoms with E-state index >= 15 is 0 Å². The highest BCUT2D eigenvalue weighted by molar-refractivity contribution is 7.99. The molecule has 0 unspecified atom stereocenters. The number of anilines is 1. The minimum absolute atomic E-state index is 0.0884. The molecule has 1 heterocycles. The topological polar surface area (TPSA) is 66.9 Å². The molecule has 1 aliphatic rings. The third-order valence-corrected chi connectivity index (χ3v) is 3.64. The van der Waals surface area contributed by atoms with Gasteiger partial charge >= 0.3 is 0 Å². The fraction of sp³-hybridized carbons (Fsp3) is 0.583. The van der Waals surface area contributed by atoms with E-state index in [0.29, 0.717) is 17.7 Å². The number of hydrogen-bond donors (Lipinski definition) is 2. The largest absolute Gasteiger partial charge is 0.354 e. The molecule has 2 N–H and O–H groups in total. The van der Waals surface area contributed by atoms with E-state index in [1.54, 1.807) is 6.20 Å². The molecule has 1 aliphatic carbocycles. The van der Waals surface area contributed by atoms with Gasteiger partial charge in [-0.1, -0.05) is 11.8 Å². The maximum atomic E-state index is 11.6. The highest BCUT2D eigenvalue weighted by Crippen LogP contribution is 2.22. The van der Waals surface area contributed by atoms with Gasteiger partial charge in [-0.3, -0.25) is 4.79 Å². The van der Waals surface area contributed by atoms with Gasteiger partial charge in [0.25, 0.3) is 0 Å². The molecule has 1 saturated carbocycles. The van der Waals surface area contributed by atoms with E-state index in [9.17, 15) is 4.79 Å². The summed E-state index contributed by atoms with van der Waals surface area (Å²) in [4.78, 5) is 20.2. The fourth-order valence-corrected chi connectivity index (χ4v) is 2.23. The molecule has 0 spiro atoms. The summed E-state index contributed by atoms with van der Waals surface area (Å²) >= 11 is 1.46. The third-order valence-electron chi connectivity index (χ3n) is 2.54. The van der Waals surface area contributed by atoms with Crippen LogP contribution in [0.5, 0.6) is 0 Å². The summed E-state index contributed by atoms with van der Waals surface area (Å²) in [6, 6.07) is 0.418. The van der Waals surface area contributed by atoms with Crippen LogP contribution in [0, 0.1) is 6.92 Å². The van der Waals surface area contributed by atoms with Crippen LogP contribution < -0.4 is 10.6 Å². The number of rotatable bonds is 6. The number of hydrogen-bond acceptors (Lipinski definition) is 5. The standard InChI is InChI=1S/C12H18N4OS/c1-3-13-12-14-6-8(2)11(16-12)18-7-10(17)15-9-4-5-9/h6,9H,3-5,7H2,1-2H3,(H,15,17)(H,13,14,16). The third kappa shape index (κ3) is 3.87. The Labute approximate surface area is 111 Å². The smallest absolute Gasteiger partial charge is 0.230 e. The first-order valence-electron chi connectivity index (χ1n) is 6.18. The number of carbonyl (C=O) groups is 1. The van der Waals surface area contributed by atoms with Crippen molar-refractivity contribution in [2.45, 2.75) is 37.8 Å². The first-order valence-corrected chi connectivity index (χ1v) is 7.17. The maximum absolute atomic E-state index is 11.6. The molecule has 0 atom stereocenters. The predicted octanol–water partition coefficient (Wildman–Crippen LogP) is 1.59. The van der Waals surface area contributed by atoms with Gasteiger partial charge in [-0.15, -0.1) is 0 Å². The first kappa shape index (κ1) is 13.1. The van der Waals surface area contributed by atoms with Gasteiger partial charge in [0.05, 0.1) is 5.75 Å². The normalized spacial score (nSPS) is 14.3. The van der Waals surface area contributed by atoms with E-state index in [-0.39, 0.29) is 5.91 Å². The second-order valence-electron chi connectivity index (χ2n) is 4.34. The van der Waals surface area contributed by atoms with Crippen LogP contribution in [0.1, 0.15) is 25.3 Å². The van der Waals surface area contributed by atoms with Crippen LogP contribution in [0.15, 0.2) is 11.2 Å². The van der Waals surface area contributed by atoms with E-state index in [2.05, 4.69) is 20.6 Å². The minimum Gasteiger partial charge on any atom is -0.354 e. The summed E-state index contributed by atoms with van der Waals surface area (Å²) in [5.74, 6) is 1.12. The van der Waals surface area contributed by atoms with Gasteiger partial charge in [0.15, 0.2) is 0 Å². The van der Waals surface area contributed by atoms with Crippen molar-refractivity contribution in [3.8, 4) is 0 Å². The van der Waals surface area contributed by atoms with Crippen LogP contribution in [0.2, 0.25) is 0 Å². The van der Waals surface area contributed by atoms with Gasteiger partial charge in [0.2, 0.25) is 11.9 Å². The highest BCUT2D eigenvalue weighted by Gasteiger charge is 2.23. The van der Waals surface area contributed by atoms with E-state index in [1.807, 2.05) is 13.8 Å². The van der Waals surface area contributed by atoms with E-state index < -0.39 is 0 Å². The van der Waals surface area contributed by atoms with E-state index in [1.165, 1.54) is 11.8 Å². The summed E-state index contributed by atoms with van der Waals surface area (Å²) < 4.78 is 0. The zero-order chi connectivity index (χ0) is 13.0. The van der Waals surface area contributed by atoms with Crippen molar-refractivity contribution in [2.24, 2.45) is 0 Å². The Kier molecular flexibility index (Phi) is 4.41. The average Bonchev–Trinajstić information content (AvgIpc) is 3.14. The summed E-state index contributed by atoms with van der Waals surface area (Å²) in [7, 11) is 0. The quantitative estimate of drug-likeness (QED) is 0.604. The molecule has 1 aromatic heterocycles. The molecule has 6 heteroatoms. The van der Waals surface area contributed by atoms with Crippen molar-refractivity contribution in [1.29, 1.82) is 0 Å². The van der Waals surface area contributed by atoms with Gasteiger partial charge in [0, 0.05) is 18.8 Å². The van der Waals surface area contributed by atoms with Crippen LogP contribution in [-0.2, 0) is 4.79 Å². The Morgan fingerprint density at radius 1 is 1.56 bits per heavy atom. The number of nitrogens with zero attached hydrogens (tertiary/aromatic N) is 2. The Balaban J connectivity index is 1.90. The van der Waals surface area contributed by atoms with Crippen LogP contribution in [-0.4, -0.2) is 34.2 Å². The van der Waals surface area contributed by atoms with Crippen LogP contribution in [0.3, 0.4) is 0 Å². The monoisotopic (exact) mass is 266 g/mol. The van der Waals surface area contributed by atoms with Crippen molar-refractivity contribution in [1.82, 2.24) is 15.3 Å². The Morgan fingerprint density at radius 2 is 2.33 bits per heavy atom. The molecule has 0 aromatic carbocycles. The molecule has 2 rings (SSSR count). The lowest BCUT2D eigenvalue weighted by molar-refractivity contribution is -0.118. The second kappa shape index (κ2) is 6.04. The number of thioether (sulfide) groups is 1. The number of aromatic nitrogens is 2. The second-order valence-corrected chi connectivity index (χ2v) is 5.31. The molecule has 5 nitrogen and oxygen atoms in total. The zero-order valence-electron chi connectivity index (χ0n) is 10.7. The first-order chi connectivity index (χ1) is 8.69. The molecule has 1 fully saturated rings. The SMILES string of the molecule is CCNc1ncc(C)c(SCC(=O)NC2CC2)n1. The lowest BCUT2D eigenvalue weighted by Gasteiger charge is -2.07. The molecular formula is C12H18N4OS. The van der Waals surface area contributed by atoms with Crippen molar-refractivity contribution in [2.75, 3.05) is 17.6 Å². The molecule has 0 radical (unpaired) electrons. The van der Waals surface area contributed by atoms with Gasteiger partial charge in [-0.25, -0.2) is 9.97 Å². The summed E-state index contributed by atoms with van der Waals surface area (Å²) in [6.07, 6.45) is 4.02.